The maximum absolute atomic E-state index is 12.7. The van der Waals surface area contributed by atoms with Gasteiger partial charge in [0.05, 0.1) is 0 Å². The quantitative estimate of drug-likeness (QED) is 0.777. The molecule has 0 aliphatic carbocycles. The first kappa shape index (κ1) is 15.2. The molecule has 3 rings (SSSR count). The average Bonchev–Trinajstić information content (AvgIpc) is 2.54. The second-order valence-corrected chi connectivity index (χ2v) is 6.69. The molecular weight excluding hydrogens is 270 g/mol. The normalized spacial score (nSPS) is 17.5. The molecule has 1 aliphatic rings. The van der Waals surface area contributed by atoms with Crippen molar-refractivity contribution in [2.45, 2.75) is 33.1 Å². The van der Waals surface area contributed by atoms with Crippen LogP contribution in [0.2, 0.25) is 0 Å². The Kier molecular flexibility index (Phi) is 4.58. The lowest BCUT2D eigenvalue weighted by atomic mass is 9.95. The summed E-state index contributed by atoms with van der Waals surface area (Å²) in [6.45, 7) is 7.35. The molecule has 2 aromatic carbocycles. The molecule has 2 aromatic rings. The van der Waals surface area contributed by atoms with Crippen LogP contribution in [0.15, 0.2) is 36.4 Å². The number of fused-ring (bicyclic) bond motifs is 1. The molecule has 1 aliphatic heterocycles. The lowest BCUT2D eigenvalue weighted by molar-refractivity contribution is 0.0884. The van der Waals surface area contributed by atoms with Crippen LogP contribution in [-0.4, -0.2) is 30.3 Å². The third-order valence-corrected chi connectivity index (χ3v) is 4.71. The van der Waals surface area contributed by atoms with Gasteiger partial charge >= 0.3 is 0 Å². The molecule has 1 atom stereocenters. The highest BCUT2D eigenvalue weighted by Gasteiger charge is 2.20. The molecule has 0 spiro atoms. The van der Waals surface area contributed by atoms with E-state index in [1.54, 1.807) is 0 Å². The molecule has 2 nitrogen and oxygen atoms in total. The SMILES string of the molecule is Cc1ccc2cc(C(=O)C(C)CN3CCCCC3)ccc2c1. The molecule has 2 heteroatoms. The Morgan fingerprint density at radius 3 is 2.50 bits per heavy atom. The number of nitrogens with zero attached hydrogens (tertiary/aromatic N) is 1. The topological polar surface area (TPSA) is 20.3 Å². The zero-order chi connectivity index (χ0) is 15.5. The van der Waals surface area contributed by atoms with Crippen molar-refractivity contribution in [3.63, 3.8) is 0 Å². The van der Waals surface area contributed by atoms with Crippen LogP contribution in [0.4, 0.5) is 0 Å². The van der Waals surface area contributed by atoms with Gasteiger partial charge in [-0.25, -0.2) is 0 Å². The molecule has 22 heavy (non-hydrogen) atoms. The summed E-state index contributed by atoms with van der Waals surface area (Å²) < 4.78 is 0. The zero-order valence-corrected chi connectivity index (χ0v) is 13.6. The molecule has 1 heterocycles. The number of carbonyl (C=O) groups is 1. The van der Waals surface area contributed by atoms with Crippen LogP contribution in [-0.2, 0) is 0 Å². The minimum Gasteiger partial charge on any atom is -0.303 e. The number of rotatable bonds is 4. The first-order valence-electron chi connectivity index (χ1n) is 8.40. The van der Waals surface area contributed by atoms with Gasteiger partial charge in [0, 0.05) is 18.0 Å². The summed E-state index contributed by atoms with van der Waals surface area (Å²) in [4.78, 5) is 15.1. The van der Waals surface area contributed by atoms with Crippen molar-refractivity contribution in [1.82, 2.24) is 4.90 Å². The Bertz CT molecular complexity index is 670. The van der Waals surface area contributed by atoms with Crippen LogP contribution in [0.3, 0.4) is 0 Å². The van der Waals surface area contributed by atoms with E-state index in [-0.39, 0.29) is 11.7 Å². The number of Topliss-reactive ketones (excluding diaryl/α,β-unsaturated/α-hetero) is 1. The van der Waals surface area contributed by atoms with Crippen LogP contribution in [0, 0.1) is 12.8 Å². The molecule has 0 saturated carbocycles. The van der Waals surface area contributed by atoms with Gasteiger partial charge in [-0.15, -0.1) is 0 Å². The summed E-state index contributed by atoms with van der Waals surface area (Å²) in [7, 11) is 0. The maximum atomic E-state index is 12.7. The van der Waals surface area contributed by atoms with Gasteiger partial charge in [0.15, 0.2) is 5.78 Å². The number of benzene rings is 2. The first-order chi connectivity index (χ1) is 10.6. The molecule has 1 fully saturated rings. The Labute approximate surface area is 133 Å². The van der Waals surface area contributed by atoms with Gasteiger partial charge in [-0.2, -0.15) is 0 Å². The predicted octanol–water partition coefficient (Wildman–Crippen LogP) is 4.45. The van der Waals surface area contributed by atoms with Gasteiger partial charge < -0.3 is 4.90 Å². The third-order valence-electron chi connectivity index (χ3n) is 4.71. The van der Waals surface area contributed by atoms with Gasteiger partial charge in [0.2, 0.25) is 0 Å². The predicted molar refractivity (Wildman–Crippen MR) is 92.5 cm³/mol. The minimum atomic E-state index is 0.0704. The summed E-state index contributed by atoms with van der Waals surface area (Å²) in [5.41, 5.74) is 2.10. The Morgan fingerprint density at radius 1 is 1.05 bits per heavy atom. The lowest BCUT2D eigenvalue weighted by Crippen LogP contribution is -2.35. The fourth-order valence-electron chi connectivity index (χ4n) is 3.42. The van der Waals surface area contributed by atoms with E-state index < -0.39 is 0 Å². The monoisotopic (exact) mass is 295 g/mol. The highest BCUT2D eigenvalue weighted by Crippen LogP contribution is 2.20. The van der Waals surface area contributed by atoms with Crippen molar-refractivity contribution in [3.8, 4) is 0 Å². The van der Waals surface area contributed by atoms with Gasteiger partial charge in [-0.1, -0.05) is 49.2 Å². The van der Waals surface area contributed by atoms with Crippen molar-refractivity contribution >= 4 is 16.6 Å². The van der Waals surface area contributed by atoms with Gasteiger partial charge in [0.25, 0.3) is 0 Å². The molecule has 0 N–H and O–H groups in total. The number of hydrogen-bond donors (Lipinski definition) is 0. The number of hydrogen-bond acceptors (Lipinski definition) is 2. The number of likely N-dealkylation sites (tertiary alicyclic amines) is 1. The largest absolute Gasteiger partial charge is 0.303 e. The van der Waals surface area contributed by atoms with E-state index >= 15 is 0 Å². The molecule has 0 aromatic heterocycles. The maximum Gasteiger partial charge on any atom is 0.166 e. The molecule has 0 amide bonds. The molecule has 0 radical (unpaired) electrons. The summed E-state index contributed by atoms with van der Waals surface area (Å²) in [6.07, 6.45) is 3.88. The van der Waals surface area contributed by atoms with Crippen molar-refractivity contribution < 1.29 is 4.79 Å². The lowest BCUT2D eigenvalue weighted by Gasteiger charge is -2.28. The van der Waals surface area contributed by atoms with E-state index in [4.69, 9.17) is 0 Å². The summed E-state index contributed by atoms with van der Waals surface area (Å²) in [5.74, 6) is 0.342. The highest BCUT2D eigenvalue weighted by atomic mass is 16.1. The highest BCUT2D eigenvalue weighted by molar-refractivity contribution is 6.01. The van der Waals surface area contributed by atoms with Crippen LogP contribution in [0.5, 0.6) is 0 Å². The van der Waals surface area contributed by atoms with E-state index in [0.29, 0.717) is 0 Å². The van der Waals surface area contributed by atoms with Gasteiger partial charge in [-0.05, 0) is 49.7 Å². The van der Waals surface area contributed by atoms with E-state index in [1.807, 2.05) is 12.1 Å². The molecular formula is C20H25NO. The first-order valence-corrected chi connectivity index (χ1v) is 8.40. The molecule has 1 unspecified atom stereocenters. The van der Waals surface area contributed by atoms with Crippen molar-refractivity contribution in [2.24, 2.45) is 5.92 Å². The Hall–Kier alpha value is -1.67. The molecule has 0 bridgehead atoms. The van der Waals surface area contributed by atoms with E-state index in [1.165, 1.54) is 30.2 Å². The van der Waals surface area contributed by atoms with Crippen LogP contribution in [0.25, 0.3) is 10.8 Å². The number of carbonyl (C=O) groups excluding carboxylic acids is 1. The average molecular weight is 295 g/mol. The van der Waals surface area contributed by atoms with Crippen LogP contribution >= 0.6 is 0 Å². The fraction of sp³-hybridized carbons (Fsp3) is 0.450. The molecule has 1 saturated heterocycles. The fourth-order valence-corrected chi connectivity index (χ4v) is 3.42. The third kappa shape index (κ3) is 3.38. The van der Waals surface area contributed by atoms with E-state index in [9.17, 15) is 4.79 Å². The van der Waals surface area contributed by atoms with Crippen molar-refractivity contribution in [3.05, 3.63) is 47.5 Å². The Balaban J connectivity index is 1.74. The zero-order valence-electron chi connectivity index (χ0n) is 13.6. The van der Waals surface area contributed by atoms with Crippen LogP contribution < -0.4 is 0 Å². The van der Waals surface area contributed by atoms with Gasteiger partial charge in [-0.3, -0.25) is 4.79 Å². The van der Waals surface area contributed by atoms with Crippen LogP contribution in [0.1, 0.15) is 42.1 Å². The van der Waals surface area contributed by atoms with E-state index in [2.05, 4.69) is 43.0 Å². The summed E-state index contributed by atoms with van der Waals surface area (Å²) in [5, 5.41) is 2.36. The minimum absolute atomic E-state index is 0.0704. The number of ketones is 1. The summed E-state index contributed by atoms with van der Waals surface area (Å²) >= 11 is 0. The van der Waals surface area contributed by atoms with Gasteiger partial charge in [0.1, 0.15) is 0 Å². The van der Waals surface area contributed by atoms with Crippen molar-refractivity contribution in [2.75, 3.05) is 19.6 Å². The van der Waals surface area contributed by atoms with Crippen molar-refractivity contribution in [1.29, 1.82) is 0 Å². The summed E-state index contributed by atoms with van der Waals surface area (Å²) in [6, 6.07) is 12.5. The molecule has 116 valence electrons. The van der Waals surface area contributed by atoms with E-state index in [0.717, 1.165) is 30.6 Å². The standard InChI is InChI=1S/C20H25NO/c1-15-6-7-18-13-19(9-8-17(18)12-15)20(22)16(2)14-21-10-4-3-5-11-21/h6-9,12-13,16H,3-5,10-11,14H2,1-2H3. The smallest absolute Gasteiger partial charge is 0.166 e. The number of aryl methyl sites for hydroxylation is 1. The second kappa shape index (κ2) is 6.62. The Morgan fingerprint density at radius 2 is 1.73 bits per heavy atom. The second-order valence-electron chi connectivity index (χ2n) is 6.69. The number of piperidine rings is 1.